The molecule has 0 bridgehead atoms. The van der Waals surface area contributed by atoms with E-state index in [1.165, 1.54) is 0 Å². The molecule has 0 saturated carbocycles. The number of nitrogens with zero attached hydrogens (tertiary/aromatic N) is 2. The summed E-state index contributed by atoms with van der Waals surface area (Å²) in [6.07, 6.45) is 1.76. The summed E-state index contributed by atoms with van der Waals surface area (Å²) in [6.45, 7) is 0. The summed E-state index contributed by atoms with van der Waals surface area (Å²) in [7, 11) is 1.65. The van der Waals surface area contributed by atoms with E-state index in [2.05, 4.69) is 10.2 Å². The molecular formula is C25H20N4O2. The van der Waals surface area contributed by atoms with Crippen LogP contribution in [0.25, 0.3) is 33.3 Å². The molecule has 0 unspecified atom stereocenters. The van der Waals surface area contributed by atoms with Gasteiger partial charge in [0.15, 0.2) is 5.82 Å². The number of methoxy groups -OCH3 is 1. The summed E-state index contributed by atoms with van der Waals surface area (Å²) in [6, 6.07) is 25.4. The average molecular weight is 408 g/mol. The molecular weight excluding hydrogens is 388 g/mol. The highest BCUT2D eigenvalue weighted by molar-refractivity contribution is 6.06. The topological polar surface area (TPSA) is 86.0 Å². The number of nitrogens with one attached hydrogen (secondary N) is 1. The summed E-state index contributed by atoms with van der Waals surface area (Å²) in [5, 5.41) is 7.99. The summed E-state index contributed by atoms with van der Waals surface area (Å²) < 4.78 is 11.2. The Bertz CT molecular complexity index is 1330. The molecule has 0 atom stereocenters. The molecule has 0 radical (unpaired) electrons. The Hall–Kier alpha value is -4.32. The van der Waals surface area contributed by atoms with Crippen molar-refractivity contribution in [1.29, 1.82) is 0 Å². The van der Waals surface area contributed by atoms with Crippen molar-refractivity contribution in [3.63, 3.8) is 0 Å². The molecule has 0 fully saturated rings. The number of hydrogen-bond donors (Lipinski definition) is 2. The first-order valence-corrected chi connectivity index (χ1v) is 9.83. The summed E-state index contributed by atoms with van der Waals surface area (Å²) in [5.41, 5.74) is 10.7. The Morgan fingerprint density at radius 1 is 0.774 bits per heavy atom. The van der Waals surface area contributed by atoms with E-state index in [1.807, 2.05) is 78.9 Å². The lowest BCUT2D eigenvalue weighted by atomic mass is 9.96. The van der Waals surface area contributed by atoms with Gasteiger partial charge in [0, 0.05) is 11.1 Å². The standard InChI is InChI=1S/C25H20N4O2/c1-30-18-11-9-17(10-12-18)24-22(23-21(15-27-24)28-29-25(23)26)16-7-13-20(14-8-16)31-19-5-3-2-4-6-19/h2-15H,1H3,(H3,26,28,29). The number of aromatic amines is 1. The molecule has 152 valence electrons. The maximum atomic E-state index is 6.22. The van der Waals surface area contributed by atoms with Crippen LogP contribution in [0.1, 0.15) is 0 Å². The Balaban J connectivity index is 1.61. The number of rotatable bonds is 5. The second-order valence-corrected chi connectivity index (χ2v) is 7.05. The van der Waals surface area contributed by atoms with Gasteiger partial charge in [-0.05, 0) is 54.1 Å². The van der Waals surface area contributed by atoms with E-state index in [-0.39, 0.29) is 0 Å². The van der Waals surface area contributed by atoms with E-state index in [9.17, 15) is 0 Å². The molecule has 0 aliphatic rings. The Kier molecular flexibility index (Phi) is 4.72. The summed E-state index contributed by atoms with van der Waals surface area (Å²) in [4.78, 5) is 4.71. The lowest BCUT2D eigenvalue weighted by molar-refractivity contribution is 0.415. The smallest absolute Gasteiger partial charge is 0.153 e. The van der Waals surface area contributed by atoms with Crippen molar-refractivity contribution in [3.05, 3.63) is 85.1 Å². The van der Waals surface area contributed by atoms with Gasteiger partial charge in [-0.25, -0.2) is 0 Å². The third-order valence-electron chi connectivity index (χ3n) is 5.12. The van der Waals surface area contributed by atoms with E-state index in [0.717, 1.165) is 50.5 Å². The van der Waals surface area contributed by atoms with Crippen molar-refractivity contribution >= 4 is 16.7 Å². The maximum absolute atomic E-state index is 6.22. The predicted molar refractivity (Wildman–Crippen MR) is 122 cm³/mol. The Morgan fingerprint density at radius 2 is 1.42 bits per heavy atom. The van der Waals surface area contributed by atoms with Crippen LogP contribution >= 0.6 is 0 Å². The zero-order valence-corrected chi connectivity index (χ0v) is 16.9. The van der Waals surface area contributed by atoms with Crippen LogP contribution < -0.4 is 15.2 Å². The normalized spacial score (nSPS) is 10.9. The van der Waals surface area contributed by atoms with Crippen LogP contribution in [-0.4, -0.2) is 22.3 Å². The molecule has 0 saturated heterocycles. The van der Waals surface area contributed by atoms with Crippen LogP contribution in [0.2, 0.25) is 0 Å². The van der Waals surface area contributed by atoms with Gasteiger partial charge >= 0.3 is 0 Å². The van der Waals surface area contributed by atoms with Crippen molar-refractivity contribution in [2.45, 2.75) is 0 Å². The first-order chi connectivity index (χ1) is 15.2. The van der Waals surface area contributed by atoms with E-state index >= 15 is 0 Å². The SMILES string of the molecule is COc1ccc(-c2ncc3[nH]nc(N)c3c2-c2ccc(Oc3ccccc3)cc2)cc1. The molecule has 5 aromatic rings. The summed E-state index contributed by atoms with van der Waals surface area (Å²) >= 11 is 0. The van der Waals surface area contributed by atoms with Crippen LogP contribution in [0, 0.1) is 0 Å². The number of benzene rings is 3. The van der Waals surface area contributed by atoms with E-state index in [4.69, 9.17) is 20.2 Å². The van der Waals surface area contributed by atoms with Crippen molar-refractivity contribution < 1.29 is 9.47 Å². The lowest BCUT2D eigenvalue weighted by Gasteiger charge is -2.13. The van der Waals surface area contributed by atoms with Gasteiger partial charge in [-0.15, -0.1) is 0 Å². The Labute approximate surface area is 179 Å². The van der Waals surface area contributed by atoms with Gasteiger partial charge in [-0.3, -0.25) is 10.1 Å². The molecule has 2 heterocycles. The predicted octanol–water partition coefficient (Wildman–Crippen LogP) is 5.68. The zero-order chi connectivity index (χ0) is 21.2. The molecule has 0 amide bonds. The number of ether oxygens (including phenoxy) is 2. The molecule has 3 N–H and O–H groups in total. The fourth-order valence-corrected chi connectivity index (χ4v) is 3.60. The van der Waals surface area contributed by atoms with Crippen molar-refractivity contribution in [3.8, 4) is 39.6 Å². The minimum atomic E-state index is 0.437. The molecule has 3 aromatic carbocycles. The van der Waals surface area contributed by atoms with Crippen molar-refractivity contribution in [2.24, 2.45) is 0 Å². The number of anilines is 1. The molecule has 0 spiro atoms. The van der Waals surface area contributed by atoms with E-state index < -0.39 is 0 Å². The number of aromatic nitrogens is 3. The quantitative estimate of drug-likeness (QED) is 0.391. The number of H-pyrrole nitrogens is 1. The molecule has 0 aliphatic carbocycles. The minimum absolute atomic E-state index is 0.437. The number of pyridine rings is 1. The third kappa shape index (κ3) is 3.55. The molecule has 6 nitrogen and oxygen atoms in total. The van der Waals surface area contributed by atoms with Gasteiger partial charge in [-0.1, -0.05) is 30.3 Å². The third-order valence-corrected chi connectivity index (χ3v) is 5.12. The lowest BCUT2D eigenvalue weighted by Crippen LogP contribution is -1.94. The van der Waals surface area contributed by atoms with Gasteiger partial charge in [0.25, 0.3) is 0 Å². The highest BCUT2D eigenvalue weighted by atomic mass is 16.5. The summed E-state index contributed by atoms with van der Waals surface area (Å²) in [5.74, 6) is 2.77. The monoisotopic (exact) mass is 408 g/mol. The maximum Gasteiger partial charge on any atom is 0.153 e. The molecule has 6 heteroatoms. The number of fused-ring (bicyclic) bond motifs is 1. The van der Waals surface area contributed by atoms with Gasteiger partial charge in [-0.2, -0.15) is 5.10 Å². The van der Waals surface area contributed by atoms with Crippen LogP contribution in [-0.2, 0) is 0 Å². The minimum Gasteiger partial charge on any atom is -0.497 e. The molecule has 0 aliphatic heterocycles. The zero-order valence-electron chi connectivity index (χ0n) is 16.9. The van der Waals surface area contributed by atoms with Crippen molar-refractivity contribution in [1.82, 2.24) is 15.2 Å². The molecule has 31 heavy (non-hydrogen) atoms. The van der Waals surface area contributed by atoms with Gasteiger partial charge in [0.05, 0.1) is 29.9 Å². The second-order valence-electron chi connectivity index (χ2n) is 7.05. The fraction of sp³-hybridized carbons (Fsp3) is 0.0400. The van der Waals surface area contributed by atoms with Gasteiger partial charge in [0.1, 0.15) is 17.2 Å². The van der Waals surface area contributed by atoms with Crippen LogP contribution in [0.4, 0.5) is 5.82 Å². The van der Waals surface area contributed by atoms with Gasteiger partial charge in [0.2, 0.25) is 0 Å². The van der Waals surface area contributed by atoms with E-state index in [0.29, 0.717) is 5.82 Å². The average Bonchev–Trinajstić information content (AvgIpc) is 3.21. The Morgan fingerprint density at radius 3 is 2.13 bits per heavy atom. The van der Waals surface area contributed by atoms with E-state index in [1.54, 1.807) is 13.3 Å². The van der Waals surface area contributed by atoms with Crippen molar-refractivity contribution in [2.75, 3.05) is 12.8 Å². The van der Waals surface area contributed by atoms with Gasteiger partial charge < -0.3 is 15.2 Å². The second kappa shape index (κ2) is 7.84. The number of para-hydroxylation sites is 1. The van der Waals surface area contributed by atoms with Crippen LogP contribution in [0.3, 0.4) is 0 Å². The largest absolute Gasteiger partial charge is 0.497 e. The molecule has 5 rings (SSSR count). The number of hydrogen-bond acceptors (Lipinski definition) is 5. The van der Waals surface area contributed by atoms with Crippen LogP contribution in [0.15, 0.2) is 85.1 Å². The molecule has 2 aromatic heterocycles. The first-order valence-electron chi connectivity index (χ1n) is 9.83. The first kappa shape index (κ1) is 18.7. The highest BCUT2D eigenvalue weighted by Crippen LogP contribution is 2.39. The number of nitrogen functional groups attached to an aromatic ring is 1. The fourth-order valence-electron chi connectivity index (χ4n) is 3.60. The highest BCUT2D eigenvalue weighted by Gasteiger charge is 2.17. The van der Waals surface area contributed by atoms with Crippen LogP contribution in [0.5, 0.6) is 17.2 Å². The number of nitrogens with two attached hydrogens (primary N) is 1.